The molecule has 0 aliphatic heterocycles. The number of nitrogens with one attached hydrogen (secondary N) is 2. The maximum Gasteiger partial charge on any atom is 0.265 e. The van der Waals surface area contributed by atoms with Crippen molar-refractivity contribution in [3.8, 4) is 17.2 Å². The van der Waals surface area contributed by atoms with Crippen LogP contribution >= 0.6 is 0 Å². The van der Waals surface area contributed by atoms with Crippen molar-refractivity contribution in [3.63, 3.8) is 0 Å². The van der Waals surface area contributed by atoms with Crippen molar-refractivity contribution in [1.29, 1.82) is 0 Å². The lowest BCUT2D eigenvalue weighted by atomic mass is 10.2. The molecule has 0 radical (unpaired) electrons. The van der Waals surface area contributed by atoms with Gasteiger partial charge in [0.15, 0.2) is 11.5 Å². The van der Waals surface area contributed by atoms with E-state index in [-0.39, 0.29) is 21.3 Å². The summed E-state index contributed by atoms with van der Waals surface area (Å²) < 4.78 is 46.6. The van der Waals surface area contributed by atoms with Gasteiger partial charge in [-0.25, -0.2) is 13.8 Å². The summed E-state index contributed by atoms with van der Waals surface area (Å²) in [4.78, 5) is 12.1. The van der Waals surface area contributed by atoms with E-state index in [0.29, 0.717) is 24.5 Å². The SMILES string of the molecule is COCCNNC(=O)c1ccc(S(=O)(=O)c2cc(OC)c(OC)c(OC)c2)cc1. The number of carbonyl (C=O) groups excluding carboxylic acids is 1. The smallest absolute Gasteiger partial charge is 0.265 e. The third kappa shape index (κ3) is 5.17. The number of hydrazine groups is 1. The second kappa shape index (κ2) is 10.1. The van der Waals surface area contributed by atoms with Crippen molar-refractivity contribution < 1.29 is 32.2 Å². The minimum atomic E-state index is -3.88. The van der Waals surface area contributed by atoms with E-state index in [1.165, 1.54) is 57.7 Å². The van der Waals surface area contributed by atoms with Crippen LogP contribution in [0.2, 0.25) is 0 Å². The highest BCUT2D eigenvalue weighted by Crippen LogP contribution is 2.40. The lowest BCUT2D eigenvalue weighted by Gasteiger charge is -2.14. The Hall–Kier alpha value is -2.82. The molecule has 2 aromatic rings. The highest BCUT2D eigenvalue weighted by atomic mass is 32.2. The van der Waals surface area contributed by atoms with E-state index >= 15 is 0 Å². The van der Waals surface area contributed by atoms with E-state index in [9.17, 15) is 13.2 Å². The number of ether oxygens (including phenoxy) is 4. The number of hydrogen-bond acceptors (Lipinski definition) is 8. The van der Waals surface area contributed by atoms with Gasteiger partial charge < -0.3 is 18.9 Å². The van der Waals surface area contributed by atoms with Crippen molar-refractivity contribution >= 4 is 15.7 Å². The highest BCUT2D eigenvalue weighted by Gasteiger charge is 2.23. The number of benzene rings is 2. The zero-order valence-electron chi connectivity index (χ0n) is 16.6. The second-order valence-electron chi connectivity index (χ2n) is 5.76. The average Bonchev–Trinajstić information content (AvgIpc) is 2.75. The van der Waals surface area contributed by atoms with E-state index in [2.05, 4.69) is 10.9 Å². The van der Waals surface area contributed by atoms with E-state index in [1.807, 2.05) is 0 Å². The number of methoxy groups -OCH3 is 4. The molecule has 0 spiro atoms. The van der Waals surface area contributed by atoms with Gasteiger partial charge in [-0.2, -0.15) is 0 Å². The molecule has 9 nitrogen and oxygen atoms in total. The highest BCUT2D eigenvalue weighted by molar-refractivity contribution is 7.91. The molecule has 0 atom stereocenters. The van der Waals surface area contributed by atoms with Gasteiger partial charge in [0, 0.05) is 31.4 Å². The van der Waals surface area contributed by atoms with E-state index in [0.717, 1.165) is 0 Å². The fourth-order valence-corrected chi connectivity index (χ4v) is 3.79. The molecule has 0 unspecified atom stereocenters. The largest absolute Gasteiger partial charge is 0.493 e. The molecule has 0 saturated carbocycles. The number of carbonyl (C=O) groups is 1. The molecule has 0 aliphatic carbocycles. The zero-order chi connectivity index (χ0) is 21.4. The van der Waals surface area contributed by atoms with Crippen LogP contribution < -0.4 is 25.1 Å². The molecule has 158 valence electrons. The summed E-state index contributed by atoms with van der Waals surface area (Å²) in [5.74, 6) is 0.354. The van der Waals surface area contributed by atoms with Crippen LogP contribution in [0.5, 0.6) is 17.2 Å². The third-order valence-corrected chi connectivity index (χ3v) is 5.76. The lowest BCUT2D eigenvalue weighted by molar-refractivity contribution is 0.0926. The molecule has 0 aromatic heterocycles. The van der Waals surface area contributed by atoms with Gasteiger partial charge in [0.05, 0.1) is 37.7 Å². The topological polar surface area (TPSA) is 112 Å². The van der Waals surface area contributed by atoms with Gasteiger partial charge in [-0.1, -0.05) is 0 Å². The van der Waals surface area contributed by atoms with Crippen LogP contribution in [0.25, 0.3) is 0 Å². The fourth-order valence-electron chi connectivity index (χ4n) is 2.50. The van der Waals surface area contributed by atoms with Crippen LogP contribution in [-0.2, 0) is 14.6 Å². The van der Waals surface area contributed by atoms with Crippen LogP contribution in [0.3, 0.4) is 0 Å². The van der Waals surface area contributed by atoms with Gasteiger partial charge in [-0.15, -0.1) is 0 Å². The third-order valence-electron chi connectivity index (χ3n) is 4.01. The first-order chi connectivity index (χ1) is 13.9. The first-order valence-electron chi connectivity index (χ1n) is 8.56. The molecule has 0 aliphatic rings. The van der Waals surface area contributed by atoms with Crippen molar-refractivity contribution in [2.75, 3.05) is 41.6 Å². The monoisotopic (exact) mass is 424 g/mol. The molecule has 2 rings (SSSR count). The van der Waals surface area contributed by atoms with E-state index in [1.54, 1.807) is 7.11 Å². The Bertz CT molecular complexity index is 919. The predicted molar refractivity (Wildman–Crippen MR) is 105 cm³/mol. The summed E-state index contributed by atoms with van der Waals surface area (Å²) in [6.07, 6.45) is 0. The molecular formula is C19H24N2O7S. The summed E-state index contributed by atoms with van der Waals surface area (Å²) in [6.45, 7) is 0.877. The van der Waals surface area contributed by atoms with Crippen molar-refractivity contribution in [2.45, 2.75) is 9.79 Å². The van der Waals surface area contributed by atoms with Crippen LogP contribution in [-0.4, -0.2) is 55.9 Å². The summed E-state index contributed by atoms with van der Waals surface area (Å²) in [5.41, 5.74) is 5.51. The second-order valence-corrected chi connectivity index (χ2v) is 7.71. The Balaban J connectivity index is 2.29. The van der Waals surface area contributed by atoms with Gasteiger partial charge in [0.1, 0.15) is 0 Å². The minimum absolute atomic E-state index is 0.0227. The maximum absolute atomic E-state index is 13.0. The van der Waals surface area contributed by atoms with Gasteiger partial charge in [0.2, 0.25) is 15.6 Å². The fraction of sp³-hybridized carbons (Fsp3) is 0.316. The van der Waals surface area contributed by atoms with E-state index < -0.39 is 15.7 Å². The molecule has 0 fully saturated rings. The van der Waals surface area contributed by atoms with Crippen LogP contribution in [0.15, 0.2) is 46.2 Å². The number of rotatable bonds is 10. The first-order valence-corrected chi connectivity index (χ1v) is 10.0. The van der Waals surface area contributed by atoms with Crippen molar-refractivity contribution in [1.82, 2.24) is 10.9 Å². The summed E-state index contributed by atoms with van der Waals surface area (Å²) in [7, 11) is 1.92. The number of hydrogen-bond donors (Lipinski definition) is 2. The standard InChI is InChI=1S/C19H24N2O7S/c1-25-10-9-20-21-19(22)13-5-7-14(8-6-13)29(23,24)15-11-16(26-2)18(28-4)17(12-15)27-3/h5-8,11-12,20H,9-10H2,1-4H3,(H,21,22). The van der Waals surface area contributed by atoms with Crippen LogP contribution in [0.1, 0.15) is 10.4 Å². The predicted octanol–water partition coefficient (Wildman–Crippen LogP) is 1.43. The van der Waals surface area contributed by atoms with Crippen LogP contribution in [0, 0.1) is 0 Å². The lowest BCUT2D eigenvalue weighted by Crippen LogP contribution is -2.39. The van der Waals surface area contributed by atoms with Gasteiger partial charge >= 0.3 is 0 Å². The molecule has 10 heteroatoms. The molecular weight excluding hydrogens is 400 g/mol. The number of amides is 1. The summed E-state index contributed by atoms with van der Waals surface area (Å²) in [5, 5.41) is 0. The zero-order valence-corrected chi connectivity index (χ0v) is 17.5. The van der Waals surface area contributed by atoms with Gasteiger partial charge in [-0.05, 0) is 24.3 Å². The molecule has 0 heterocycles. The van der Waals surface area contributed by atoms with E-state index in [4.69, 9.17) is 18.9 Å². The van der Waals surface area contributed by atoms with Crippen LogP contribution in [0.4, 0.5) is 0 Å². The molecule has 2 aromatic carbocycles. The maximum atomic E-state index is 13.0. The Labute approximate surface area is 169 Å². The summed E-state index contributed by atoms with van der Waals surface area (Å²) >= 11 is 0. The molecule has 29 heavy (non-hydrogen) atoms. The Morgan fingerprint density at radius 1 is 0.897 bits per heavy atom. The van der Waals surface area contributed by atoms with Gasteiger partial charge in [0.25, 0.3) is 5.91 Å². The average molecular weight is 424 g/mol. The summed E-state index contributed by atoms with van der Waals surface area (Å²) in [6, 6.07) is 8.30. The van der Waals surface area contributed by atoms with Gasteiger partial charge in [-0.3, -0.25) is 10.2 Å². The number of sulfone groups is 1. The molecule has 1 amide bonds. The minimum Gasteiger partial charge on any atom is -0.493 e. The Morgan fingerprint density at radius 2 is 1.48 bits per heavy atom. The van der Waals surface area contributed by atoms with Crippen molar-refractivity contribution in [3.05, 3.63) is 42.0 Å². The Kier molecular flexibility index (Phi) is 7.82. The molecule has 0 saturated heterocycles. The normalized spacial score (nSPS) is 11.0. The Morgan fingerprint density at radius 3 is 1.97 bits per heavy atom. The van der Waals surface area contributed by atoms with Crippen molar-refractivity contribution in [2.24, 2.45) is 0 Å². The quantitative estimate of drug-likeness (QED) is 0.435. The first kappa shape index (κ1) is 22.5. The molecule has 0 bridgehead atoms. The molecule has 2 N–H and O–H groups in total.